The molecule has 3 heteroatoms. The summed E-state index contributed by atoms with van der Waals surface area (Å²) in [5.41, 5.74) is 5.37. The molecule has 0 spiro atoms. The van der Waals surface area contributed by atoms with Gasteiger partial charge in [-0.05, 0) is 61.1 Å². The molecule has 0 aromatic heterocycles. The Hall–Kier alpha value is -0.860. The quantitative estimate of drug-likeness (QED) is 0.585. The van der Waals surface area contributed by atoms with Crippen LogP contribution in [0.2, 0.25) is 5.02 Å². The van der Waals surface area contributed by atoms with E-state index in [2.05, 4.69) is 48.0 Å². The minimum Gasteiger partial charge on any atom is -0.207 e. The topological polar surface area (TPSA) is 0 Å². The first-order valence-electron chi connectivity index (χ1n) is 6.54. The zero-order chi connectivity index (χ0) is 14.9. The van der Waals surface area contributed by atoms with Crippen molar-refractivity contribution >= 4 is 27.5 Å². The normalized spacial score (nSPS) is 12.5. The molecule has 2 rings (SSSR count). The molecule has 0 saturated heterocycles. The van der Waals surface area contributed by atoms with Gasteiger partial charge in [-0.15, -0.1) is 0 Å². The predicted octanol–water partition coefficient (Wildman–Crippen LogP) is 6.08. The van der Waals surface area contributed by atoms with Gasteiger partial charge in [-0.3, -0.25) is 0 Å². The first kappa shape index (κ1) is 15.5. The Balaban J connectivity index is 2.25. The predicted molar refractivity (Wildman–Crippen MR) is 87.4 cm³/mol. The lowest BCUT2D eigenvalue weighted by molar-refractivity contribution is 0.617. The summed E-state index contributed by atoms with van der Waals surface area (Å²) in [6, 6.07) is 9.65. The maximum atomic E-state index is 13.4. The highest BCUT2D eigenvalue weighted by Gasteiger charge is 2.15. The highest BCUT2D eigenvalue weighted by atomic mass is 79.9. The van der Waals surface area contributed by atoms with E-state index in [4.69, 9.17) is 11.6 Å². The standard InChI is InChI=1S/C17H17BrClF/c1-10-4-5-13(6-11(10)2)8-15(18)14-7-12(3)17(20)9-16(14)19/h4-7,9,15H,8H2,1-3H3. The average molecular weight is 356 g/mol. The van der Waals surface area contributed by atoms with Crippen molar-refractivity contribution in [2.24, 2.45) is 0 Å². The van der Waals surface area contributed by atoms with E-state index in [-0.39, 0.29) is 10.6 Å². The Morgan fingerprint density at radius 1 is 1.05 bits per heavy atom. The van der Waals surface area contributed by atoms with Gasteiger partial charge in [0, 0.05) is 9.85 Å². The smallest absolute Gasteiger partial charge is 0.127 e. The Labute approximate surface area is 133 Å². The van der Waals surface area contributed by atoms with Crippen LogP contribution >= 0.6 is 27.5 Å². The minimum absolute atomic E-state index is 0.0800. The molecule has 106 valence electrons. The number of benzene rings is 2. The van der Waals surface area contributed by atoms with E-state index in [1.54, 1.807) is 6.92 Å². The van der Waals surface area contributed by atoms with Gasteiger partial charge in [-0.25, -0.2) is 4.39 Å². The van der Waals surface area contributed by atoms with Crippen molar-refractivity contribution in [1.82, 2.24) is 0 Å². The summed E-state index contributed by atoms with van der Waals surface area (Å²) >= 11 is 9.82. The molecule has 0 N–H and O–H groups in total. The minimum atomic E-state index is -0.260. The van der Waals surface area contributed by atoms with Crippen molar-refractivity contribution in [3.8, 4) is 0 Å². The Morgan fingerprint density at radius 3 is 2.40 bits per heavy atom. The number of aryl methyl sites for hydroxylation is 3. The fourth-order valence-electron chi connectivity index (χ4n) is 2.17. The second kappa shape index (κ2) is 6.28. The second-order valence-electron chi connectivity index (χ2n) is 5.21. The van der Waals surface area contributed by atoms with Crippen molar-refractivity contribution < 1.29 is 4.39 Å². The summed E-state index contributed by atoms with van der Waals surface area (Å²) in [5, 5.41) is 0.471. The van der Waals surface area contributed by atoms with E-state index in [0.717, 1.165) is 12.0 Å². The molecule has 1 unspecified atom stereocenters. The highest BCUT2D eigenvalue weighted by molar-refractivity contribution is 9.09. The van der Waals surface area contributed by atoms with Gasteiger partial charge >= 0.3 is 0 Å². The molecule has 0 aliphatic carbocycles. The fraction of sp³-hybridized carbons (Fsp3) is 0.294. The summed E-state index contributed by atoms with van der Waals surface area (Å²) in [6.07, 6.45) is 0.825. The fourth-order valence-corrected chi connectivity index (χ4v) is 3.33. The Morgan fingerprint density at radius 2 is 1.75 bits per heavy atom. The van der Waals surface area contributed by atoms with E-state index in [1.165, 1.54) is 22.8 Å². The van der Waals surface area contributed by atoms with Gasteiger partial charge in [0.1, 0.15) is 5.82 Å². The third-order valence-electron chi connectivity index (χ3n) is 3.60. The molecule has 0 nitrogen and oxygen atoms in total. The van der Waals surface area contributed by atoms with Crippen molar-refractivity contribution in [2.75, 3.05) is 0 Å². The van der Waals surface area contributed by atoms with Crippen LogP contribution in [0.3, 0.4) is 0 Å². The van der Waals surface area contributed by atoms with Crippen LogP contribution in [0.1, 0.15) is 32.6 Å². The summed E-state index contributed by atoms with van der Waals surface area (Å²) in [7, 11) is 0. The van der Waals surface area contributed by atoms with Gasteiger partial charge in [-0.1, -0.05) is 51.8 Å². The number of halogens is 3. The number of hydrogen-bond donors (Lipinski definition) is 0. The molecular formula is C17H17BrClF. The molecule has 2 aromatic carbocycles. The lowest BCUT2D eigenvalue weighted by Crippen LogP contribution is -1.99. The van der Waals surface area contributed by atoms with Gasteiger partial charge in [0.15, 0.2) is 0 Å². The highest BCUT2D eigenvalue weighted by Crippen LogP contribution is 2.34. The van der Waals surface area contributed by atoms with Crippen molar-refractivity contribution in [3.63, 3.8) is 0 Å². The van der Waals surface area contributed by atoms with Crippen LogP contribution in [-0.2, 0) is 6.42 Å². The molecule has 0 aliphatic rings. The largest absolute Gasteiger partial charge is 0.207 e. The monoisotopic (exact) mass is 354 g/mol. The average Bonchev–Trinajstić information content (AvgIpc) is 2.38. The van der Waals surface area contributed by atoms with Crippen LogP contribution in [0, 0.1) is 26.6 Å². The van der Waals surface area contributed by atoms with Crippen LogP contribution < -0.4 is 0 Å². The molecule has 0 saturated carbocycles. The molecule has 1 atom stereocenters. The van der Waals surface area contributed by atoms with Crippen molar-refractivity contribution in [1.29, 1.82) is 0 Å². The number of rotatable bonds is 3. The summed E-state index contributed by atoms with van der Waals surface area (Å²) in [5.74, 6) is -0.260. The van der Waals surface area contributed by atoms with Crippen LogP contribution in [0.4, 0.5) is 4.39 Å². The second-order valence-corrected chi connectivity index (χ2v) is 6.73. The van der Waals surface area contributed by atoms with Crippen molar-refractivity contribution in [3.05, 3.63) is 69.0 Å². The molecule has 0 radical (unpaired) electrons. The zero-order valence-electron chi connectivity index (χ0n) is 11.8. The van der Waals surface area contributed by atoms with Crippen LogP contribution in [-0.4, -0.2) is 0 Å². The van der Waals surface area contributed by atoms with Crippen LogP contribution in [0.25, 0.3) is 0 Å². The molecular weight excluding hydrogens is 339 g/mol. The van der Waals surface area contributed by atoms with E-state index >= 15 is 0 Å². The zero-order valence-corrected chi connectivity index (χ0v) is 14.1. The molecule has 20 heavy (non-hydrogen) atoms. The molecule has 0 fully saturated rings. The molecule has 0 amide bonds. The third kappa shape index (κ3) is 3.42. The SMILES string of the molecule is Cc1ccc(CC(Br)c2cc(C)c(F)cc2Cl)cc1C. The van der Waals surface area contributed by atoms with Gasteiger partial charge < -0.3 is 0 Å². The first-order chi connectivity index (χ1) is 9.38. The van der Waals surface area contributed by atoms with Gasteiger partial charge in [-0.2, -0.15) is 0 Å². The molecule has 0 aliphatic heterocycles. The maximum absolute atomic E-state index is 13.4. The van der Waals surface area contributed by atoms with Crippen LogP contribution in [0.15, 0.2) is 30.3 Å². The number of alkyl halides is 1. The molecule has 0 bridgehead atoms. The van der Waals surface area contributed by atoms with E-state index in [9.17, 15) is 4.39 Å². The molecule has 2 aromatic rings. The lowest BCUT2D eigenvalue weighted by Gasteiger charge is -2.14. The van der Waals surface area contributed by atoms with Gasteiger partial charge in [0.25, 0.3) is 0 Å². The maximum Gasteiger partial charge on any atom is 0.127 e. The van der Waals surface area contributed by atoms with Crippen LogP contribution in [0.5, 0.6) is 0 Å². The van der Waals surface area contributed by atoms with E-state index < -0.39 is 0 Å². The summed E-state index contributed by atoms with van der Waals surface area (Å²) in [6.45, 7) is 5.97. The first-order valence-corrected chi connectivity index (χ1v) is 7.83. The molecule has 0 heterocycles. The lowest BCUT2D eigenvalue weighted by atomic mass is 9.99. The third-order valence-corrected chi connectivity index (χ3v) is 4.75. The van der Waals surface area contributed by atoms with E-state index in [1.807, 2.05) is 6.07 Å². The van der Waals surface area contributed by atoms with E-state index in [0.29, 0.717) is 10.6 Å². The Kier molecular flexibility index (Phi) is 4.87. The van der Waals surface area contributed by atoms with Gasteiger partial charge in [0.2, 0.25) is 0 Å². The van der Waals surface area contributed by atoms with Gasteiger partial charge in [0.05, 0.1) is 0 Å². The Bertz CT molecular complexity index is 637. The summed E-state index contributed by atoms with van der Waals surface area (Å²) in [4.78, 5) is 0.0800. The summed E-state index contributed by atoms with van der Waals surface area (Å²) < 4.78 is 13.4. The van der Waals surface area contributed by atoms with Crippen molar-refractivity contribution in [2.45, 2.75) is 32.0 Å². The number of hydrogen-bond acceptors (Lipinski definition) is 0.